The molecule has 4 heteroatoms. The zero-order valence-electron chi connectivity index (χ0n) is 10.5. The lowest BCUT2D eigenvalue weighted by molar-refractivity contribution is 0.664. The Hall–Kier alpha value is -1.45. The van der Waals surface area contributed by atoms with Gasteiger partial charge in [-0.05, 0) is 37.8 Å². The number of hydrogen-bond acceptors (Lipinski definition) is 1. The lowest BCUT2D eigenvalue weighted by atomic mass is 10.4. The van der Waals surface area contributed by atoms with Crippen LogP contribution in [0, 0.1) is 5.92 Å². The van der Waals surface area contributed by atoms with Crippen LogP contribution in [0.3, 0.4) is 0 Å². The Morgan fingerprint density at radius 2 is 2.06 bits per heavy atom. The van der Waals surface area contributed by atoms with E-state index in [-0.39, 0.29) is 0 Å². The summed E-state index contributed by atoms with van der Waals surface area (Å²) in [6, 6.07) is 4.10. The summed E-state index contributed by atoms with van der Waals surface area (Å²) >= 11 is 0. The van der Waals surface area contributed by atoms with Gasteiger partial charge in [-0.15, -0.1) is 0 Å². The first-order valence-corrected chi connectivity index (χ1v) is 6.51. The predicted molar refractivity (Wildman–Crippen MR) is 71.1 cm³/mol. The van der Waals surface area contributed by atoms with Gasteiger partial charge < -0.3 is 15.2 Å². The molecule has 0 amide bonds. The third-order valence-corrected chi connectivity index (χ3v) is 2.88. The molecule has 0 atom stereocenters. The van der Waals surface area contributed by atoms with Crippen molar-refractivity contribution in [1.82, 2.24) is 15.2 Å². The van der Waals surface area contributed by atoms with E-state index in [2.05, 4.69) is 39.5 Å². The normalized spacial score (nSPS) is 15.9. The maximum atomic E-state index is 4.58. The molecular formula is C13H22N4. The smallest absolute Gasteiger partial charge is 0.191 e. The Morgan fingerprint density at radius 3 is 2.71 bits per heavy atom. The summed E-state index contributed by atoms with van der Waals surface area (Å²) in [5, 5.41) is 6.64. The molecule has 0 bridgehead atoms. The second-order valence-corrected chi connectivity index (χ2v) is 4.51. The molecule has 2 N–H and O–H groups in total. The van der Waals surface area contributed by atoms with Gasteiger partial charge >= 0.3 is 0 Å². The summed E-state index contributed by atoms with van der Waals surface area (Å²) in [5.41, 5.74) is 0. The molecule has 4 nitrogen and oxygen atoms in total. The first-order valence-electron chi connectivity index (χ1n) is 6.51. The summed E-state index contributed by atoms with van der Waals surface area (Å²) in [7, 11) is 0. The van der Waals surface area contributed by atoms with Crippen molar-refractivity contribution in [3.8, 4) is 0 Å². The van der Waals surface area contributed by atoms with Crippen molar-refractivity contribution in [2.75, 3.05) is 19.6 Å². The van der Waals surface area contributed by atoms with Gasteiger partial charge in [0.1, 0.15) is 0 Å². The number of nitrogens with one attached hydrogen (secondary N) is 2. The molecule has 94 valence electrons. The summed E-state index contributed by atoms with van der Waals surface area (Å²) < 4.78 is 2.16. The minimum absolute atomic E-state index is 0.843. The van der Waals surface area contributed by atoms with E-state index in [9.17, 15) is 0 Å². The molecule has 1 aromatic heterocycles. The van der Waals surface area contributed by atoms with Crippen LogP contribution < -0.4 is 10.6 Å². The summed E-state index contributed by atoms with van der Waals surface area (Å²) in [6.07, 6.45) is 6.87. The van der Waals surface area contributed by atoms with Gasteiger partial charge in [-0.3, -0.25) is 4.99 Å². The van der Waals surface area contributed by atoms with Crippen molar-refractivity contribution >= 4 is 5.96 Å². The van der Waals surface area contributed by atoms with Crippen molar-refractivity contribution in [1.29, 1.82) is 0 Å². The number of hydrogen-bond donors (Lipinski definition) is 2. The molecule has 0 saturated heterocycles. The molecule has 1 aliphatic rings. The average molecular weight is 234 g/mol. The van der Waals surface area contributed by atoms with E-state index in [0.29, 0.717) is 0 Å². The Morgan fingerprint density at radius 1 is 1.29 bits per heavy atom. The molecule has 1 aliphatic carbocycles. The second-order valence-electron chi connectivity index (χ2n) is 4.51. The van der Waals surface area contributed by atoms with Crippen LogP contribution in [0.25, 0.3) is 0 Å². The fourth-order valence-electron chi connectivity index (χ4n) is 1.69. The number of guanidine groups is 1. The third-order valence-electron chi connectivity index (χ3n) is 2.88. The topological polar surface area (TPSA) is 41.4 Å². The molecule has 1 fully saturated rings. The predicted octanol–water partition coefficient (Wildman–Crippen LogP) is 1.45. The zero-order valence-corrected chi connectivity index (χ0v) is 10.5. The highest BCUT2D eigenvalue weighted by Crippen LogP contribution is 2.28. The van der Waals surface area contributed by atoms with Crippen molar-refractivity contribution in [3.05, 3.63) is 24.5 Å². The quantitative estimate of drug-likeness (QED) is 0.578. The minimum Gasteiger partial charge on any atom is -0.357 e. The van der Waals surface area contributed by atoms with E-state index in [4.69, 9.17) is 0 Å². The fourth-order valence-corrected chi connectivity index (χ4v) is 1.69. The molecule has 0 aromatic carbocycles. The number of nitrogens with zero attached hydrogens (tertiary/aromatic N) is 2. The molecule has 2 rings (SSSR count). The van der Waals surface area contributed by atoms with Crippen LogP contribution in [0.4, 0.5) is 0 Å². The highest BCUT2D eigenvalue weighted by molar-refractivity contribution is 5.79. The van der Waals surface area contributed by atoms with Crippen molar-refractivity contribution in [3.63, 3.8) is 0 Å². The third kappa shape index (κ3) is 4.51. The molecule has 0 aliphatic heterocycles. The number of aromatic nitrogens is 1. The number of aliphatic imine (C=N–C) groups is 1. The summed E-state index contributed by atoms with van der Waals surface area (Å²) in [5.74, 6) is 1.79. The highest BCUT2D eigenvalue weighted by Gasteiger charge is 2.20. The first kappa shape index (κ1) is 12.0. The van der Waals surface area contributed by atoms with Crippen molar-refractivity contribution in [2.24, 2.45) is 10.9 Å². The molecule has 0 unspecified atom stereocenters. The second kappa shape index (κ2) is 6.33. The van der Waals surface area contributed by atoms with Crippen LogP contribution in [0.2, 0.25) is 0 Å². The monoisotopic (exact) mass is 234 g/mol. The lowest BCUT2D eigenvalue weighted by Gasteiger charge is -2.11. The Bertz CT molecular complexity index is 338. The summed E-state index contributed by atoms with van der Waals surface area (Å²) in [4.78, 5) is 4.58. The lowest BCUT2D eigenvalue weighted by Crippen LogP contribution is -2.39. The van der Waals surface area contributed by atoms with Gasteiger partial charge in [-0.25, -0.2) is 0 Å². The Balaban J connectivity index is 1.70. The maximum absolute atomic E-state index is 4.58. The molecule has 17 heavy (non-hydrogen) atoms. The zero-order chi connectivity index (χ0) is 11.9. The van der Waals surface area contributed by atoms with Gasteiger partial charge in [0.25, 0.3) is 0 Å². The molecule has 1 aromatic rings. The van der Waals surface area contributed by atoms with Crippen LogP contribution in [0.1, 0.15) is 19.8 Å². The van der Waals surface area contributed by atoms with Crippen molar-refractivity contribution < 1.29 is 0 Å². The first-order chi connectivity index (χ1) is 8.38. The average Bonchev–Trinajstić information content (AvgIpc) is 3.02. The van der Waals surface area contributed by atoms with Crippen LogP contribution in [-0.2, 0) is 6.54 Å². The molecule has 0 spiro atoms. The largest absolute Gasteiger partial charge is 0.357 e. The Kier molecular flexibility index (Phi) is 4.47. The SMILES string of the molecule is CCNC(=NCC1CC1)NCCn1cccc1. The molecule has 0 radical (unpaired) electrons. The van der Waals surface area contributed by atoms with Gasteiger partial charge in [0.15, 0.2) is 5.96 Å². The molecule has 1 heterocycles. The van der Waals surface area contributed by atoms with Crippen LogP contribution >= 0.6 is 0 Å². The van der Waals surface area contributed by atoms with Gasteiger partial charge in [0.05, 0.1) is 0 Å². The number of rotatable bonds is 6. The van der Waals surface area contributed by atoms with Gasteiger partial charge in [0, 0.05) is 38.6 Å². The van der Waals surface area contributed by atoms with E-state index >= 15 is 0 Å². The van der Waals surface area contributed by atoms with E-state index in [0.717, 1.165) is 38.1 Å². The van der Waals surface area contributed by atoms with E-state index in [1.165, 1.54) is 12.8 Å². The van der Waals surface area contributed by atoms with Gasteiger partial charge in [0.2, 0.25) is 0 Å². The van der Waals surface area contributed by atoms with E-state index in [1.807, 2.05) is 12.1 Å². The fraction of sp³-hybridized carbons (Fsp3) is 0.615. The van der Waals surface area contributed by atoms with Crippen molar-refractivity contribution in [2.45, 2.75) is 26.3 Å². The Labute approximate surface area is 103 Å². The standard InChI is InChI=1S/C13H22N4/c1-2-14-13(16-11-12-5-6-12)15-7-10-17-8-3-4-9-17/h3-4,8-9,12H,2,5-7,10-11H2,1H3,(H2,14,15,16). The molecule has 1 saturated carbocycles. The van der Waals surface area contributed by atoms with Gasteiger partial charge in [-0.2, -0.15) is 0 Å². The maximum Gasteiger partial charge on any atom is 0.191 e. The van der Waals surface area contributed by atoms with Crippen LogP contribution in [0.5, 0.6) is 0 Å². The highest BCUT2D eigenvalue weighted by atomic mass is 15.2. The molecular weight excluding hydrogens is 212 g/mol. The van der Waals surface area contributed by atoms with E-state index < -0.39 is 0 Å². The summed E-state index contributed by atoms with van der Waals surface area (Å²) in [6.45, 7) is 5.87. The van der Waals surface area contributed by atoms with E-state index in [1.54, 1.807) is 0 Å². The minimum atomic E-state index is 0.843. The van der Waals surface area contributed by atoms with Crippen LogP contribution in [-0.4, -0.2) is 30.2 Å². The van der Waals surface area contributed by atoms with Gasteiger partial charge in [-0.1, -0.05) is 0 Å². The van der Waals surface area contributed by atoms with Crippen LogP contribution in [0.15, 0.2) is 29.5 Å².